The van der Waals surface area contributed by atoms with E-state index in [1.54, 1.807) is 12.1 Å². The second kappa shape index (κ2) is 4.72. The highest BCUT2D eigenvalue weighted by Crippen LogP contribution is 2.30. The van der Waals surface area contributed by atoms with Gasteiger partial charge in [-0.2, -0.15) is 14.0 Å². The van der Waals surface area contributed by atoms with E-state index in [1.807, 2.05) is 6.07 Å². The summed E-state index contributed by atoms with van der Waals surface area (Å²) in [5.41, 5.74) is 0.340. The molecule has 0 atom stereocenters. The standard InChI is InChI=1S/C13H7F2NO2/c14-12-10(17)4-5-11(13(12)15)18-9-3-1-2-8(6-9)7-16/h1-6,17H. The summed E-state index contributed by atoms with van der Waals surface area (Å²) in [5.74, 6) is -3.59. The monoisotopic (exact) mass is 247 g/mol. The van der Waals surface area contributed by atoms with Crippen molar-refractivity contribution in [1.29, 1.82) is 5.26 Å². The van der Waals surface area contributed by atoms with Crippen molar-refractivity contribution in [3.05, 3.63) is 53.6 Å². The molecule has 0 radical (unpaired) electrons. The summed E-state index contributed by atoms with van der Waals surface area (Å²) in [6.07, 6.45) is 0. The maximum absolute atomic E-state index is 13.4. The molecule has 5 heteroatoms. The van der Waals surface area contributed by atoms with Crippen LogP contribution in [0, 0.1) is 23.0 Å². The van der Waals surface area contributed by atoms with E-state index in [0.717, 1.165) is 12.1 Å². The van der Waals surface area contributed by atoms with Crippen molar-refractivity contribution in [2.24, 2.45) is 0 Å². The number of halogens is 2. The normalized spacial score (nSPS) is 9.83. The number of hydrogen-bond donors (Lipinski definition) is 1. The molecule has 0 unspecified atom stereocenters. The van der Waals surface area contributed by atoms with E-state index in [1.165, 1.54) is 12.1 Å². The van der Waals surface area contributed by atoms with Crippen molar-refractivity contribution in [2.45, 2.75) is 0 Å². The predicted octanol–water partition coefficient (Wildman–Crippen LogP) is 3.33. The maximum Gasteiger partial charge on any atom is 0.205 e. The summed E-state index contributed by atoms with van der Waals surface area (Å²) in [4.78, 5) is 0. The zero-order valence-corrected chi connectivity index (χ0v) is 9.02. The van der Waals surface area contributed by atoms with Crippen molar-refractivity contribution in [3.8, 4) is 23.3 Å². The first-order valence-corrected chi connectivity index (χ1v) is 4.97. The van der Waals surface area contributed by atoms with Gasteiger partial charge in [0.05, 0.1) is 11.6 Å². The Morgan fingerprint density at radius 2 is 1.89 bits per heavy atom. The number of phenols is 1. The molecule has 0 heterocycles. The van der Waals surface area contributed by atoms with Gasteiger partial charge in [-0.3, -0.25) is 0 Å². The SMILES string of the molecule is N#Cc1cccc(Oc2ccc(O)c(F)c2F)c1. The van der Waals surface area contributed by atoms with Gasteiger partial charge < -0.3 is 9.84 Å². The fraction of sp³-hybridized carbons (Fsp3) is 0. The Hall–Kier alpha value is -2.61. The zero-order chi connectivity index (χ0) is 13.1. The number of rotatable bonds is 2. The molecule has 1 N–H and O–H groups in total. The zero-order valence-electron chi connectivity index (χ0n) is 9.02. The molecular formula is C13H7F2NO2. The minimum Gasteiger partial charge on any atom is -0.505 e. The van der Waals surface area contributed by atoms with E-state index in [4.69, 9.17) is 15.1 Å². The first-order valence-electron chi connectivity index (χ1n) is 4.97. The Balaban J connectivity index is 2.35. The first-order chi connectivity index (χ1) is 8.61. The molecule has 0 saturated heterocycles. The van der Waals surface area contributed by atoms with Crippen LogP contribution in [0.4, 0.5) is 8.78 Å². The third kappa shape index (κ3) is 2.23. The van der Waals surface area contributed by atoms with E-state index in [-0.39, 0.29) is 11.5 Å². The Bertz CT molecular complexity index is 635. The number of ether oxygens (including phenoxy) is 1. The van der Waals surface area contributed by atoms with Gasteiger partial charge in [-0.25, -0.2) is 0 Å². The van der Waals surface area contributed by atoms with Gasteiger partial charge >= 0.3 is 0 Å². The molecule has 0 aliphatic heterocycles. The number of phenolic OH excluding ortho intramolecular Hbond substituents is 1. The molecule has 0 aliphatic rings. The third-order valence-electron chi connectivity index (χ3n) is 2.22. The molecule has 0 saturated carbocycles. The van der Waals surface area contributed by atoms with Crippen LogP contribution in [-0.4, -0.2) is 5.11 Å². The molecule has 2 aromatic rings. The number of nitriles is 1. The second-order valence-corrected chi connectivity index (χ2v) is 3.45. The van der Waals surface area contributed by atoms with Crippen molar-refractivity contribution < 1.29 is 18.6 Å². The summed E-state index contributed by atoms with van der Waals surface area (Å²) in [6.45, 7) is 0. The number of benzene rings is 2. The topological polar surface area (TPSA) is 53.2 Å². The van der Waals surface area contributed by atoms with Crippen LogP contribution < -0.4 is 4.74 Å². The largest absolute Gasteiger partial charge is 0.505 e. The van der Waals surface area contributed by atoms with Gasteiger partial charge in [0.2, 0.25) is 11.6 Å². The molecule has 90 valence electrons. The molecule has 0 bridgehead atoms. The summed E-state index contributed by atoms with van der Waals surface area (Å²) in [6, 6.07) is 10.0. The number of hydrogen-bond acceptors (Lipinski definition) is 3. The molecule has 0 fully saturated rings. The van der Waals surface area contributed by atoms with Crippen molar-refractivity contribution in [3.63, 3.8) is 0 Å². The molecule has 0 spiro atoms. The third-order valence-corrected chi connectivity index (χ3v) is 2.22. The highest BCUT2D eigenvalue weighted by Gasteiger charge is 2.14. The number of aromatic hydroxyl groups is 1. The predicted molar refractivity (Wildman–Crippen MR) is 59.3 cm³/mol. The molecule has 3 nitrogen and oxygen atoms in total. The average molecular weight is 247 g/mol. The summed E-state index contributed by atoms with van der Waals surface area (Å²) < 4.78 is 31.6. The van der Waals surface area contributed by atoms with Crippen molar-refractivity contribution in [1.82, 2.24) is 0 Å². The number of nitrogens with zero attached hydrogens (tertiary/aromatic N) is 1. The van der Waals surface area contributed by atoms with Gasteiger partial charge in [0.1, 0.15) is 5.75 Å². The smallest absolute Gasteiger partial charge is 0.205 e. The Morgan fingerprint density at radius 3 is 2.61 bits per heavy atom. The lowest BCUT2D eigenvalue weighted by molar-refractivity contribution is 0.379. The van der Waals surface area contributed by atoms with Crippen LogP contribution in [0.5, 0.6) is 17.2 Å². The Morgan fingerprint density at radius 1 is 1.11 bits per heavy atom. The van der Waals surface area contributed by atoms with E-state index >= 15 is 0 Å². The van der Waals surface area contributed by atoms with Gasteiger partial charge in [0.25, 0.3) is 0 Å². The molecular weight excluding hydrogens is 240 g/mol. The molecule has 0 aromatic heterocycles. The van der Waals surface area contributed by atoms with Gasteiger partial charge in [-0.15, -0.1) is 0 Å². The van der Waals surface area contributed by atoms with E-state index < -0.39 is 17.4 Å². The van der Waals surface area contributed by atoms with Crippen LogP contribution in [0.1, 0.15) is 5.56 Å². The fourth-order valence-corrected chi connectivity index (χ4v) is 1.36. The Labute approximate surface area is 101 Å². The quantitative estimate of drug-likeness (QED) is 0.885. The lowest BCUT2D eigenvalue weighted by Gasteiger charge is -2.07. The highest BCUT2D eigenvalue weighted by atomic mass is 19.2. The first kappa shape index (κ1) is 11.9. The lowest BCUT2D eigenvalue weighted by Crippen LogP contribution is -1.92. The van der Waals surface area contributed by atoms with Gasteiger partial charge in [0.15, 0.2) is 11.5 Å². The summed E-state index contributed by atoms with van der Waals surface area (Å²) >= 11 is 0. The second-order valence-electron chi connectivity index (χ2n) is 3.45. The van der Waals surface area contributed by atoms with Crippen LogP contribution in [0.2, 0.25) is 0 Å². The minimum atomic E-state index is -1.37. The van der Waals surface area contributed by atoms with E-state index in [2.05, 4.69) is 0 Å². The van der Waals surface area contributed by atoms with Gasteiger partial charge in [-0.1, -0.05) is 6.07 Å². The lowest BCUT2D eigenvalue weighted by atomic mass is 10.2. The van der Waals surface area contributed by atoms with Crippen LogP contribution in [0.25, 0.3) is 0 Å². The van der Waals surface area contributed by atoms with Crippen LogP contribution in [-0.2, 0) is 0 Å². The van der Waals surface area contributed by atoms with Gasteiger partial charge in [-0.05, 0) is 30.3 Å². The highest BCUT2D eigenvalue weighted by molar-refractivity contribution is 5.41. The molecule has 2 aromatic carbocycles. The average Bonchev–Trinajstić information content (AvgIpc) is 2.40. The van der Waals surface area contributed by atoms with Crippen molar-refractivity contribution >= 4 is 0 Å². The molecule has 0 aliphatic carbocycles. The van der Waals surface area contributed by atoms with Crippen LogP contribution in [0.3, 0.4) is 0 Å². The summed E-state index contributed by atoms with van der Waals surface area (Å²) in [5, 5.41) is 17.6. The maximum atomic E-state index is 13.4. The molecule has 2 rings (SSSR count). The summed E-state index contributed by atoms with van der Waals surface area (Å²) in [7, 11) is 0. The van der Waals surface area contributed by atoms with Crippen LogP contribution in [0.15, 0.2) is 36.4 Å². The fourth-order valence-electron chi connectivity index (χ4n) is 1.36. The molecule has 0 amide bonds. The van der Waals surface area contributed by atoms with Crippen LogP contribution >= 0.6 is 0 Å². The van der Waals surface area contributed by atoms with E-state index in [9.17, 15) is 8.78 Å². The van der Waals surface area contributed by atoms with E-state index in [0.29, 0.717) is 5.56 Å². The van der Waals surface area contributed by atoms with Crippen molar-refractivity contribution in [2.75, 3.05) is 0 Å². The Kier molecular flexibility index (Phi) is 3.11. The minimum absolute atomic E-state index is 0.207. The molecule has 18 heavy (non-hydrogen) atoms. The van der Waals surface area contributed by atoms with Gasteiger partial charge in [0, 0.05) is 0 Å².